The van der Waals surface area contributed by atoms with E-state index in [1.54, 1.807) is 31.2 Å². The summed E-state index contributed by atoms with van der Waals surface area (Å²) in [7, 11) is 1.64. The van der Waals surface area contributed by atoms with Crippen molar-refractivity contribution in [3.8, 4) is 5.75 Å². The molecule has 0 radical (unpaired) electrons. The summed E-state index contributed by atoms with van der Waals surface area (Å²) < 4.78 is 21.3. The maximum atomic E-state index is 11.5. The molecule has 0 amide bonds. The van der Waals surface area contributed by atoms with Gasteiger partial charge in [-0.1, -0.05) is 18.7 Å². The zero-order chi connectivity index (χ0) is 14.5. The number of benzene rings is 1. The van der Waals surface area contributed by atoms with Crippen molar-refractivity contribution in [3.05, 3.63) is 36.4 Å². The largest absolute Gasteiger partial charge is 0.536 e. The standard InChI is InChI=1S/C13H18O5Si/c1-10(2)13(14)18-11-7-6-8-12(9-11)19(15-3,16-4)17-5/h6-9H,1H2,2-5H3. The Morgan fingerprint density at radius 3 is 2.21 bits per heavy atom. The van der Waals surface area contributed by atoms with Gasteiger partial charge in [-0.05, 0) is 19.1 Å². The van der Waals surface area contributed by atoms with Crippen molar-refractivity contribution >= 4 is 20.0 Å². The predicted molar refractivity (Wildman–Crippen MR) is 73.3 cm³/mol. The summed E-state index contributed by atoms with van der Waals surface area (Å²) >= 11 is 0. The van der Waals surface area contributed by atoms with Crippen LogP contribution < -0.4 is 9.92 Å². The Bertz CT molecular complexity index is 460. The molecule has 1 rings (SSSR count). The average Bonchev–Trinajstić information content (AvgIpc) is 2.42. The van der Waals surface area contributed by atoms with E-state index >= 15 is 0 Å². The first-order chi connectivity index (χ1) is 8.99. The van der Waals surface area contributed by atoms with Gasteiger partial charge in [-0.3, -0.25) is 0 Å². The maximum absolute atomic E-state index is 11.5. The van der Waals surface area contributed by atoms with E-state index in [9.17, 15) is 4.79 Å². The summed E-state index contributed by atoms with van der Waals surface area (Å²) in [6, 6.07) is 6.89. The van der Waals surface area contributed by atoms with Crippen LogP contribution in [0, 0.1) is 0 Å². The van der Waals surface area contributed by atoms with Crippen LogP contribution in [0.2, 0.25) is 0 Å². The second-order valence-electron chi connectivity index (χ2n) is 3.87. The normalized spacial score (nSPS) is 11.2. The summed E-state index contributed by atoms with van der Waals surface area (Å²) in [5, 5.41) is 0.715. The van der Waals surface area contributed by atoms with Crippen molar-refractivity contribution in [2.75, 3.05) is 21.3 Å². The van der Waals surface area contributed by atoms with Crippen LogP contribution in [0.1, 0.15) is 6.92 Å². The van der Waals surface area contributed by atoms with Crippen molar-refractivity contribution in [2.45, 2.75) is 6.92 Å². The second kappa shape index (κ2) is 6.62. The molecule has 19 heavy (non-hydrogen) atoms. The quantitative estimate of drug-likeness (QED) is 0.340. The third kappa shape index (κ3) is 3.51. The molecule has 0 aliphatic carbocycles. The molecule has 0 aliphatic rings. The number of hydrogen-bond donors (Lipinski definition) is 0. The molecule has 1 aromatic rings. The fraction of sp³-hybridized carbons (Fsp3) is 0.308. The Hall–Kier alpha value is -1.47. The van der Waals surface area contributed by atoms with Crippen LogP contribution in [0.25, 0.3) is 0 Å². The molecule has 6 heteroatoms. The Labute approximate surface area is 114 Å². The lowest BCUT2D eigenvalue weighted by atomic mass is 10.3. The van der Waals surface area contributed by atoms with Gasteiger partial charge in [-0.2, -0.15) is 0 Å². The van der Waals surface area contributed by atoms with Gasteiger partial charge in [0.05, 0.1) is 0 Å². The Morgan fingerprint density at radius 1 is 1.16 bits per heavy atom. The van der Waals surface area contributed by atoms with Gasteiger partial charge in [0.15, 0.2) is 0 Å². The van der Waals surface area contributed by atoms with Gasteiger partial charge >= 0.3 is 14.8 Å². The summed E-state index contributed by atoms with van der Waals surface area (Å²) in [5.41, 5.74) is 0.333. The number of carbonyl (C=O) groups excluding carboxylic acids is 1. The number of hydrogen-bond acceptors (Lipinski definition) is 5. The summed E-state index contributed by atoms with van der Waals surface area (Å²) in [6.07, 6.45) is 0. The summed E-state index contributed by atoms with van der Waals surface area (Å²) in [5.74, 6) is -0.0785. The summed E-state index contributed by atoms with van der Waals surface area (Å²) in [6.45, 7) is 5.12. The van der Waals surface area contributed by atoms with Crippen molar-refractivity contribution < 1.29 is 22.8 Å². The van der Waals surface area contributed by atoms with Crippen LogP contribution in [0.3, 0.4) is 0 Å². The van der Waals surface area contributed by atoms with Gasteiger partial charge < -0.3 is 18.0 Å². The highest BCUT2D eigenvalue weighted by Crippen LogP contribution is 2.14. The molecule has 0 N–H and O–H groups in total. The third-order valence-electron chi connectivity index (χ3n) is 2.55. The average molecular weight is 282 g/mol. The fourth-order valence-corrected chi connectivity index (χ4v) is 3.37. The van der Waals surface area contributed by atoms with Gasteiger partial charge in [-0.25, -0.2) is 4.79 Å². The lowest BCUT2D eigenvalue weighted by Crippen LogP contribution is -2.54. The molecule has 0 aromatic heterocycles. The van der Waals surface area contributed by atoms with E-state index in [0.29, 0.717) is 16.5 Å². The molecule has 0 heterocycles. The molecule has 0 aliphatic heterocycles. The molecule has 1 aromatic carbocycles. The van der Waals surface area contributed by atoms with Crippen molar-refractivity contribution in [3.63, 3.8) is 0 Å². The number of rotatable bonds is 6. The first kappa shape index (κ1) is 15.6. The fourth-order valence-electron chi connectivity index (χ4n) is 1.55. The van der Waals surface area contributed by atoms with E-state index in [4.69, 9.17) is 18.0 Å². The van der Waals surface area contributed by atoms with Crippen LogP contribution in [0.4, 0.5) is 0 Å². The van der Waals surface area contributed by atoms with Crippen molar-refractivity contribution in [1.29, 1.82) is 0 Å². The van der Waals surface area contributed by atoms with Gasteiger partial charge in [0.2, 0.25) is 0 Å². The minimum atomic E-state index is -2.92. The minimum absolute atomic E-state index is 0.333. The summed E-state index contributed by atoms with van der Waals surface area (Å²) in [4.78, 5) is 11.5. The van der Waals surface area contributed by atoms with E-state index in [1.807, 2.05) is 0 Å². The molecule has 0 fully saturated rings. The van der Waals surface area contributed by atoms with E-state index in [1.165, 1.54) is 21.3 Å². The molecule has 5 nitrogen and oxygen atoms in total. The highest BCUT2D eigenvalue weighted by atomic mass is 28.4. The predicted octanol–water partition coefficient (Wildman–Crippen LogP) is 1.25. The Morgan fingerprint density at radius 2 is 1.74 bits per heavy atom. The number of ether oxygens (including phenoxy) is 1. The van der Waals surface area contributed by atoms with E-state index in [2.05, 4.69) is 6.58 Å². The number of carbonyl (C=O) groups is 1. The van der Waals surface area contributed by atoms with E-state index < -0.39 is 14.8 Å². The molecule has 0 saturated heterocycles. The SMILES string of the molecule is C=C(C)C(=O)Oc1cccc([Si](OC)(OC)OC)c1. The second-order valence-corrected chi connectivity index (χ2v) is 6.78. The molecule has 0 saturated carbocycles. The first-order valence-corrected chi connectivity index (χ1v) is 7.35. The van der Waals surface area contributed by atoms with Crippen molar-refractivity contribution in [2.24, 2.45) is 0 Å². The molecule has 104 valence electrons. The zero-order valence-electron chi connectivity index (χ0n) is 11.6. The van der Waals surface area contributed by atoms with Crippen LogP contribution >= 0.6 is 0 Å². The topological polar surface area (TPSA) is 54.0 Å². The third-order valence-corrected chi connectivity index (χ3v) is 5.18. The van der Waals surface area contributed by atoms with Crippen molar-refractivity contribution in [1.82, 2.24) is 0 Å². The lowest BCUT2D eigenvalue weighted by Gasteiger charge is -2.24. The van der Waals surface area contributed by atoms with E-state index in [0.717, 1.165) is 0 Å². The van der Waals surface area contributed by atoms with Crippen LogP contribution in [0.5, 0.6) is 5.75 Å². The van der Waals surface area contributed by atoms with Gasteiger partial charge in [0.25, 0.3) is 0 Å². The monoisotopic (exact) mass is 282 g/mol. The molecule has 0 spiro atoms. The van der Waals surface area contributed by atoms with Gasteiger partial charge in [0, 0.05) is 32.1 Å². The number of esters is 1. The first-order valence-electron chi connectivity index (χ1n) is 5.62. The van der Waals surface area contributed by atoms with Crippen LogP contribution in [-0.2, 0) is 18.1 Å². The zero-order valence-corrected chi connectivity index (χ0v) is 12.6. The molecular weight excluding hydrogens is 264 g/mol. The lowest BCUT2D eigenvalue weighted by molar-refractivity contribution is -0.130. The van der Waals surface area contributed by atoms with Gasteiger partial charge in [-0.15, -0.1) is 0 Å². The Balaban J connectivity index is 3.05. The molecular formula is C13H18O5Si. The van der Waals surface area contributed by atoms with Crippen LogP contribution in [0.15, 0.2) is 36.4 Å². The Kier molecular flexibility index (Phi) is 5.43. The molecule has 0 atom stereocenters. The highest BCUT2D eigenvalue weighted by molar-refractivity contribution is 6.75. The highest BCUT2D eigenvalue weighted by Gasteiger charge is 2.41. The smallest absolute Gasteiger partial charge is 0.423 e. The van der Waals surface area contributed by atoms with E-state index in [-0.39, 0.29) is 0 Å². The maximum Gasteiger partial charge on any atom is 0.536 e. The van der Waals surface area contributed by atoms with Crippen LogP contribution in [-0.4, -0.2) is 36.1 Å². The van der Waals surface area contributed by atoms with Gasteiger partial charge in [0.1, 0.15) is 5.75 Å². The minimum Gasteiger partial charge on any atom is -0.423 e. The molecule has 0 unspecified atom stereocenters. The molecule has 0 bridgehead atoms.